The Labute approximate surface area is 145 Å². The van der Waals surface area contributed by atoms with Gasteiger partial charge in [-0.05, 0) is 49.4 Å². The molecule has 0 amide bonds. The zero-order valence-corrected chi connectivity index (χ0v) is 14.0. The molecule has 5 heteroatoms. The first-order chi connectivity index (χ1) is 12.2. The van der Waals surface area contributed by atoms with Gasteiger partial charge in [0.1, 0.15) is 11.5 Å². The van der Waals surface area contributed by atoms with E-state index >= 15 is 0 Å². The van der Waals surface area contributed by atoms with Crippen LogP contribution < -0.4 is 4.74 Å². The number of hydrogen-bond acceptors (Lipinski definition) is 4. The average molecular weight is 331 g/mol. The maximum absolute atomic E-state index is 10.2. The second-order valence-electron chi connectivity index (χ2n) is 5.78. The number of nitrogens with zero attached hydrogens (tertiary/aromatic N) is 3. The van der Waals surface area contributed by atoms with Crippen molar-refractivity contribution in [3.8, 4) is 34.0 Å². The SMILES string of the molecule is COc1ccc(-c2nn3c(-c4ccccc4O)ccnc3c2C)cc1. The third-order valence-electron chi connectivity index (χ3n) is 4.29. The first-order valence-electron chi connectivity index (χ1n) is 7.96. The van der Waals surface area contributed by atoms with Gasteiger partial charge in [-0.1, -0.05) is 12.1 Å². The van der Waals surface area contributed by atoms with Gasteiger partial charge in [0.15, 0.2) is 5.65 Å². The number of aryl methyl sites for hydroxylation is 1. The Balaban J connectivity index is 1.93. The summed E-state index contributed by atoms with van der Waals surface area (Å²) in [6, 6.07) is 16.9. The molecule has 25 heavy (non-hydrogen) atoms. The van der Waals surface area contributed by atoms with E-state index in [2.05, 4.69) is 4.98 Å². The Morgan fingerprint density at radius 1 is 1.00 bits per heavy atom. The van der Waals surface area contributed by atoms with Gasteiger partial charge >= 0.3 is 0 Å². The van der Waals surface area contributed by atoms with Crippen molar-refractivity contribution < 1.29 is 9.84 Å². The average Bonchev–Trinajstić information content (AvgIpc) is 2.99. The smallest absolute Gasteiger partial charge is 0.159 e. The van der Waals surface area contributed by atoms with E-state index in [9.17, 15) is 5.11 Å². The lowest BCUT2D eigenvalue weighted by Crippen LogP contribution is -1.96. The first-order valence-corrected chi connectivity index (χ1v) is 7.96. The summed E-state index contributed by atoms with van der Waals surface area (Å²) < 4.78 is 7.00. The molecule has 0 saturated carbocycles. The molecule has 2 aromatic heterocycles. The third kappa shape index (κ3) is 2.50. The molecule has 124 valence electrons. The van der Waals surface area contributed by atoms with Crippen molar-refractivity contribution in [3.05, 3.63) is 66.4 Å². The Kier molecular flexibility index (Phi) is 3.61. The fourth-order valence-corrected chi connectivity index (χ4v) is 2.97. The molecule has 0 bridgehead atoms. The van der Waals surface area contributed by atoms with E-state index in [0.29, 0.717) is 0 Å². The highest BCUT2D eigenvalue weighted by atomic mass is 16.5. The third-order valence-corrected chi connectivity index (χ3v) is 4.29. The van der Waals surface area contributed by atoms with Gasteiger partial charge < -0.3 is 9.84 Å². The van der Waals surface area contributed by atoms with Crippen LogP contribution in [0.2, 0.25) is 0 Å². The van der Waals surface area contributed by atoms with E-state index in [-0.39, 0.29) is 5.75 Å². The number of rotatable bonds is 3. The van der Waals surface area contributed by atoms with Crippen molar-refractivity contribution >= 4 is 5.65 Å². The minimum Gasteiger partial charge on any atom is -0.507 e. The Bertz CT molecular complexity index is 1050. The second-order valence-corrected chi connectivity index (χ2v) is 5.78. The minimum absolute atomic E-state index is 0.217. The predicted molar refractivity (Wildman–Crippen MR) is 96.8 cm³/mol. The quantitative estimate of drug-likeness (QED) is 0.614. The number of benzene rings is 2. The number of phenolic OH excluding ortho intramolecular Hbond substituents is 1. The molecule has 4 aromatic rings. The van der Waals surface area contributed by atoms with Crippen molar-refractivity contribution in [2.24, 2.45) is 0 Å². The normalized spacial score (nSPS) is 11.0. The summed E-state index contributed by atoms with van der Waals surface area (Å²) in [5.74, 6) is 1.02. The van der Waals surface area contributed by atoms with Gasteiger partial charge in [0.2, 0.25) is 0 Å². The van der Waals surface area contributed by atoms with Gasteiger partial charge in [-0.15, -0.1) is 0 Å². The van der Waals surface area contributed by atoms with Gasteiger partial charge in [-0.25, -0.2) is 9.50 Å². The molecule has 0 spiro atoms. The van der Waals surface area contributed by atoms with Crippen LogP contribution in [0.1, 0.15) is 5.56 Å². The standard InChI is InChI=1S/C20H17N3O2/c1-13-19(14-7-9-15(25-2)10-8-14)22-23-17(11-12-21-20(13)23)16-5-3-4-6-18(16)24/h3-12,24H,1-2H3. The van der Waals surface area contributed by atoms with Crippen LogP contribution >= 0.6 is 0 Å². The molecular weight excluding hydrogens is 314 g/mol. The zero-order chi connectivity index (χ0) is 17.4. The molecule has 5 nitrogen and oxygen atoms in total. The summed E-state index contributed by atoms with van der Waals surface area (Å²) >= 11 is 0. The molecule has 0 saturated heterocycles. The molecule has 0 radical (unpaired) electrons. The van der Waals surface area contributed by atoms with Crippen molar-refractivity contribution in [1.29, 1.82) is 0 Å². The van der Waals surface area contributed by atoms with Gasteiger partial charge in [0, 0.05) is 22.9 Å². The van der Waals surface area contributed by atoms with Crippen molar-refractivity contribution in [3.63, 3.8) is 0 Å². The van der Waals surface area contributed by atoms with Crippen LogP contribution in [0.15, 0.2) is 60.8 Å². The number of fused-ring (bicyclic) bond motifs is 1. The zero-order valence-electron chi connectivity index (χ0n) is 14.0. The summed E-state index contributed by atoms with van der Waals surface area (Å²) in [4.78, 5) is 4.47. The van der Waals surface area contributed by atoms with Crippen LogP contribution in [-0.2, 0) is 0 Å². The molecule has 2 heterocycles. The van der Waals surface area contributed by atoms with Crippen molar-refractivity contribution in [2.45, 2.75) is 6.92 Å². The van der Waals surface area contributed by atoms with E-state index in [1.54, 1.807) is 30.0 Å². The lowest BCUT2D eigenvalue weighted by molar-refractivity contribution is 0.415. The highest BCUT2D eigenvalue weighted by Crippen LogP contribution is 2.32. The van der Waals surface area contributed by atoms with Gasteiger partial charge in [0.05, 0.1) is 18.5 Å². The van der Waals surface area contributed by atoms with Crippen molar-refractivity contribution in [1.82, 2.24) is 14.6 Å². The number of methoxy groups -OCH3 is 1. The van der Waals surface area contributed by atoms with Crippen LogP contribution in [0.3, 0.4) is 0 Å². The van der Waals surface area contributed by atoms with E-state index < -0.39 is 0 Å². The maximum atomic E-state index is 10.2. The lowest BCUT2D eigenvalue weighted by Gasteiger charge is -2.06. The number of aromatic hydroxyl groups is 1. The van der Waals surface area contributed by atoms with E-state index in [1.807, 2.05) is 49.4 Å². The molecule has 0 aliphatic rings. The van der Waals surface area contributed by atoms with Crippen LogP contribution in [0.5, 0.6) is 11.5 Å². The summed E-state index contributed by atoms with van der Waals surface area (Å²) in [7, 11) is 1.65. The molecule has 4 rings (SSSR count). The largest absolute Gasteiger partial charge is 0.507 e. The maximum Gasteiger partial charge on any atom is 0.159 e. The van der Waals surface area contributed by atoms with E-state index in [4.69, 9.17) is 9.84 Å². The van der Waals surface area contributed by atoms with Gasteiger partial charge in [-0.3, -0.25) is 0 Å². The first kappa shape index (κ1) is 15.2. The molecule has 0 fully saturated rings. The van der Waals surface area contributed by atoms with Crippen LogP contribution in [0.4, 0.5) is 0 Å². The van der Waals surface area contributed by atoms with Crippen LogP contribution in [-0.4, -0.2) is 26.8 Å². The van der Waals surface area contributed by atoms with Crippen molar-refractivity contribution in [2.75, 3.05) is 7.11 Å². The van der Waals surface area contributed by atoms with E-state index in [0.717, 1.165) is 39.5 Å². The second kappa shape index (κ2) is 5.94. The number of phenols is 1. The van der Waals surface area contributed by atoms with E-state index in [1.165, 1.54) is 0 Å². The summed E-state index contributed by atoms with van der Waals surface area (Å²) in [6.07, 6.45) is 1.74. The number of ether oxygens (including phenoxy) is 1. The summed E-state index contributed by atoms with van der Waals surface area (Å²) in [5.41, 5.74) is 5.13. The summed E-state index contributed by atoms with van der Waals surface area (Å²) in [6.45, 7) is 2.00. The molecule has 2 aromatic carbocycles. The number of aromatic nitrogens is 3. The molecule has 0 atom stereocenters. The predicted octanol–water partition coefficient (Wildman–Crippen LogP) is 4.09. The highest BCUT2D eigenvalue weighted by molar-refractivity contribution is 5.75. The highest BCUT2D eigenvalue weighted by Gasteiger charge is 2.16. The molecule has 0 aliphatic carbocycles. The lowest BCUT2D eigenvalue weighted by atomic mass is 10.1. The molecule has 0 unspecified atom stereocenters. The van der Waals surface area contributed by atoms with Crippen LogP contribution in [0, 0.1) is 6.92 Å². The van der Waals surface area contributed by atoms with Gasteiger partial charge in [0.25, 0.3) is 0 Å². The number of hydrogen-bond donors (Lipinski definition) is 1. The number of para-hydroxylation sites is 1. The monoisotopic (exact) mass is 331 g/mol. The molecule has 0 aliphatic heterocycles. The molecular formula is C20H17N3O2. The Morgan fingerprint density at radius 3 is 2.48 bits per heavy atom. The fourth-order valence-electron chi connectivity index (χ4n) is 2.97. The van der Waals surface area contributed by atoms with Crippen LogP contribution in [0.25, 0.3) is 28.2 Å². The Hall–Kier alpha value is -3.34. The fraction of sp³-hybridized carbons (Fsp3) is 0.100. The summed E-state index contributed by atoms with van der Waals surface area (Å²) in [5, 5.41) is 15.0. The Morgan fingerprint density at radius 2 is 1.76 bits per heavy atom. The topological polar surface area (TPSA) is 59.7 Å². The minimum atomic E-state index is 0.217. The molecule has 1 N–H and O–H groups in total. The van der Waals surface area contributed by atoms with Gasteiger partial charge in [-0.2, -0.15) is 5.10 Å².